The van der Waals surface area contributed by atoms with Crippen LogP contribution in [0, 0.1) is 16.7 Å². The van der Waals surface area contributed by atoms with Gasteiger partial charge in [0.1, 0.15) is 6.10 Å². The van der Waals surface area contributed by atoms with Crippen molar-refractivity contribution in [3.05, 3.63) is 11.1 Å². The van der Waals surface area contributed by atoms with Crippen molar-refractivity contribution >= 4 is 17.9 Å². The van der Waals surface area contributed by atoms with Crippen molar-refractivity contribution < 1.29 is 28.6 Å². The number of rotatable bonds is 2. The molecule has 3 rings (SSSR count). The highest BCUT2D eigenvalue weighted by Crippen LogP contribution is 2.62. The molecular weight excluding hydrogens is 324 g/mol. The summed E-state index contributed by atoms with van der Waals surface area (Å²) in [6.45, 7) is 9.15. The summed E-state index contributed by atoms with van der Waals surface area (Å²) in [6, 6.07) is 0. The van der Waals surface area contributed by atoms with Crippen LogP contribution >= 0.6 is 0 Å². The smallest absolute Gasteiger partial charge is 0.337 e. The molecule has 4 unspecified atom stereocenters. The molecule has 0 saturated heterocycles. The van der Waals surface area contributed by atoms with E-state index in [2.05, 4.69) is 13.8 Å². The molecule has 138 valence electrons. The third-order valence-corrected chi connectivity index (χ3v) is 6.25. The van der Waals surface area contributed by atoms with E-state index in [0.717, 1.165) is 12.8 Å². The summed E-state index contributed by atoms with van der Waals surface area (Å²) in [6.07, 6.45) is 1.68. The van der Waals surface area contributed by atoms with Gasteiger partial charge in [-0.3, -0.25) is 9.59 Å². The number of hydrogen-bond donors (Lipinski definition) is 0. The van der Waals surface area contributed by atoms with Gasteiger partial charge in [0.05, 0.1) is 0 Å². The molecule has 0 N–H and O–H groups in total. The lowest BCUT2D eigenvalue weighted by molar-refractivity contribution is -0.183. The standard InChI is InChI=1S/C19H26O6/c1-10(20)23-14-8-9-18(3,4)13-7-6-12-15(19(13,14)5)17(24-11(2)21)25-16(12)22/h13-14,17H,6-9H2,1-5H3. The van der Waals surface area contributed by atoms with Crippen molar-refractivity contribution in [3.8, 4) is 0 Å². The molecule has 25 heavy (non-hydrogen) atoms. The molecule has 1 fully saturated rings. The number of esters is 3. The SMILES string of the molecule is CC(=O)OC1OC(=O)C2=C1C1(C)C(OC(C)=O)CCC(C)(C)C1CC2. The van der Waals surface area contributed by atoms with Gasteiger partial charge in [-0.2, -0.15) is 0 Å². The highest BCUT2D eigenvalue weighted by atomic mass is 16.7. The van der Waals surface area contributed by atoms with Gasteiger partial charge in [-0.05, 0) is 37.0 Å². The van der Waals surface area contributed by atoms with Crippen LogP contribution in [-0.2, 0) is 28.6 Å². The lowest BCUT2D eigenvalue weighted by atomic mass is 9.49. The van der Waals surface area contributed by atoms with Gasteiger partial charge in [0.2, 0.25) is 0 Å². The summed E-state index contributed by atoms with van der Waals surface area (Å²) in [7, 11) is 0. The summed E-state index contributed by atoms with van der Waals surface area (Å²) < 4.78 is 16.3. The number of carbonyl (C=O) groups is 3. The second kappa shape index (κ2) is 5.85. The van der Waals surface area contributed by atoms with Gasteiger partial charge in [0.25, 0.3) is 6.29 Å². The maximum absolute atomic E-state index is 12.3. The molecule has 0 aromatic rings. The fourth-order valence-corrected chi connectivity index (χ4v) is 5.26. The molecule has 0 amide bonds. The van der Waals surface area contributed by atoms with Crippen LogP contribution in [0.15, 0.2) is 11.1 Å². The van der Waals surface area contributed by atoms with Gasteiger partial charge in [0, 0.05) is 30.4 Å². The van der Waals surface area contributed by atoms with Crippen LogP contribution in [0.4, 0.5) is 0 Å². The van der Waals surface area contributed by atoms with Crippen LogP contribution < -0.4 is 0 Å². The van der Waals surface area contributed by atoms with Gasteiger partial charge >= 0.3 is 17.9 Å². The molecule has 0 radical (unpaired) electrons. The first kappa shape index (κ1) is 18.0. The van der Waals surface area contributed by atoms with E-state index in [-0.39, 0.29) is 23.4 Å². The lowest BCUT2D eigenvalue weighted by Crippen LogP contribution is -2.55. The van der Waals surface area contributed by atoms with E-state index in [4.69, 9.17) is 14.2 Å². The maximum atomic E-state index is 12.3. The number of ether oxygens (including phenoxy) is 3. The summed E-state index contributed by atoms with van der Waals surface area (Å²) in [5.74, 6) is -1.07. The van der Waals surface area contributed by atoms with Crippen LogP contribution in [0.25, 0.3) is 0 Å². The molecule has 0 spiro atoms. The first-order valence-corrected chi connectivity index (χ1v) is 8.86. The molecular formula is C19H26O6. The first-order chi connectivity index (χ1) is 11.6. The van der Waals surface area contributed by atoms with Crippen molar-refractivity contribution in [2.24, 2.45) is 16.7 Å². The van der Waals surface area contributed by atoms with Crippen molar-refractivity contribution in [3.63, 3.8) is 0 Å². The summed E-state index contributed by atoms with van der Waals surface area (Å²) in [5, 5.41) is 0. The molecule has 2 aliphatic carbocycles. The first-order valence-electron chi connectivity index (χ1n) is 8.86. The Bertz CT molecular complexity index is 661. The second-order valence-electron chi connectivity index (χ2n) is 8.24. The average molecular weight is 350 g/mol. The zero-order valence-electron chi connectivity index (χ0n) is 15.5. The second-order valence-corrected chi connectivity index (χ2v) is 8.24. The summed E-state index contributed by atoms with van der Waals surface area (Å²) in [5.41, 5.74) is 0.715. The highest BCUT2D eigenvalue weighted by molar-refractivity contribution is 5.93. The molecule has 4 atom stereocenters. The molecule has 0 aromatic heterocycles. The van der Waals surface area contributed by atoms with Crippen LogP contribution in [0.2, 0.25) is 0 Å². The predicted molar refractivity (Wildman–Crippen MR) is 88.1 cm³/mol. The summed E-state index contributed by atoms with van der Waals surface area (Å²) in [4.78, 5) is 35.5. The Morgan fingerprint density at radius 1 is 1.08 bits per heavy atom. The van der Waals surface area contributed by atoms with E-state index in [0.29, 0.717) is 24.0 Å². The topological polar surface area (TPSA) is 78.9 Å². The Labute approximate surface area is 147 Å². The Kier molecular flexibility index (Phi) is 4.20. The summed E-state index contributed by atoms with van der Waals surface area (Å²) >= 11 is 0. The number of hydrogen-bond acceptors (Lipinski definition) is 6. The van der Waals surface area contributed by atoms with Crippen LogP contribution in [0.1, 0.15) is 60.3 Å². The zero-order chi connectivity index (χ0) is 18.6. The van der Waals surface area contributed by atoms with E-state index in [1.54, 1.807) is 0 Å². The highest BCUT2D eigenvalue weighted by Gasteiger charge is 2.61. The Balaban J connectivity index is 2.12. The van der Waals surface area contributed by atoms with Crippen LogP contribution in [0.3, 0.4) is 0 Å². The third-order valence-electron chi connectivity index (χ3n) is 6.25. The van der Waals surface area contributed by atoms with Gasteiger partial charge in [0.15, 0.2) is 0 Å². The molecule has 6 nitrogen and oxygen atoms in total. The number of fused-ring (bicyclic) bond motifs is 2. The van der Waals surface area contributed by atoms with E-state index in [1.807, 2.05) is 6.92 Å². The van der Waals surface area contributed by atoms with Crippen molar-refractivity contribution in [2.75, 3.05) is 0 Å². The fourth-order valence-electron chi connectivity index (χ4n) is 5.26. The van der Waals surface area contributed by atoms with E-state index < -0.39 is 23.6 Å². The van der Waals surface area contributed by atoms with E-state index in [9.17, 15) is 14.4 Å². The molecule has 1 heterocycles. The normalized spacial score (nSPS) is 36.2. The van der Waals surface area contributed by atoms with Crippen molar-refractivity contribution in [1.82, 2.24) is 0 Å². The fraction of sp³-hybridized carbons (Fsp3) is 0.737. The van der Waals surface area contributed by atoms with Crippen LogP contribution in [-0.4, -0.2) is 30.3 Å². The predicted octanol–water partition coefficient (Wildman–Crippen LogP) is 2.90. The molecule has 3 aliphatic rings. The maximum Gasteiger partial charge on any atom is 0.337 e. The van der Waals surface area contributed by atoms with Gasteiger partial charge in [-0.15, -0.1) is 0 Å². The van der Waals surface area contributed by atoms with Gasteiger partial charge in [-0.25, -0.2) is 4.79 Å². The average Bonchev–Trinajstić information content (AvgIpc) is 2.78. The zero-order valence-corrected chi connectivity index (χ0v) is 15.5. The number of carbonyl (C=O) groups excluding carboxylic acids is 3. The Morgan fingerprint density at radius 3 is 2.32 bits per heavy atom. The molecule has 1 aliphatic heterocycles. The minimum Gasteiger partial charge on any atom is -0.462 e. The Hall–Kier alpha value is -1.85. The minimum absolute atomic E-state index is 0.0241. The molecule has 1 saturated carbocycles. The largest absolute Gasteiger partial charge is 0.462 e. The molecule has 0 aromatic carbocycles. The van der Waals surface area contributed by atoms with E-state index in [1.165, 1.54) is 13.8 Å². The van der Waals surface area contributed by atoms with Gasteiger partial charge < -0.3 is 14.2 Å². The molecule has 0 bridgehead atoms. The third kappa shape index (κ3) is 2.75. The van der Waals surface area contributed by atoms with E-state index >= 15 is 0 Å². The van der Waals surface area contributed by atoms with Crippen molar-refractivity contribution in [2.45, 2.75) is 72.7 Å². The van der Waals surface area contributed by atoms with Crippen molar-refractivity contribution in [1.29, 1.82) is 0 Å². The minimum atomic E-state index is -1.01. The number of cyclic esters (lactones) is 1. The monoisotopic (exact) mass is 350 g/mol. The quantitative estimate of drug-likeness (QED) is 0.713. The van der Waals surface area contributed by atoms with Crippen LogP contribution in [0.5, 0.6) is 0 Å². The Morgan fingerprint density at radius 2 is 1.72 bits per heavy atom. The lowest BCUT2D eigenvalue weighted by Gasteiger charge is -2.56. The molecule has 6 heteroatoms. The van der Waals surface area contributed by atoms with Gasteiger partial charge in [-0.1, -0.05) is 20.8 Å².